The Morgan fingerprint density at radius 2 is 2.00 bits per heavy atom. The van der Waals surface area contributed by atoms with Gasteiger partial charge in [-0.2, -0.15) is 0 Å². The van der Waals surface area contributed by atoms with E-state index in [4.69, 9.17) is 12.2 Å². The van der Waals surface area contributed by atoms with E-state index in [1.807, 2.05) is 20.9 Å². The van der Waals surface area contributed by atoms with E-state index in [0.717, 1.165) is 24.1 Å². The number of thiocarbonyl (C=S) groups is 1. The molecule has 2 N–H and O–H groups in total. The molecule has 12 heteroatoms. The standard InChI is InChI=1S/C31H35FN6O3S2/c1-3-22(2)29(20-36(14-13-28-8-5-15-43-28)31(42)34-25-7-4-6-24(32)16-25)35-30(39)17-27-18-33-21-37(27)19-23-9-11-26(12-10-23)38(40)41/h4-12,15-16,18,21-22,29H,3,13-14,17,19-20H2,1-2H3,(H,34,42)(H,35,39)/t22-,29+/m0/s1. The number of amides is 1. The second kappa shape index (κ2) is 15.4. The van der Waals surface area contributed by atoms with Crippen LogP contribution in [0.4, 0.5) is 15.8 Å². The number of carbonyl (C=O) groups is 1. The lowest BCUT2D eigenvalue weighted by Gasteiger charge is -2.33. The molecule has 2 aromatic heterocycles. The Morgan fingerprint density at radius 1 is 1.21 bits per heavy atom. The molecule has 0 radical (unpaired) electrons. The van der Waals surface area contributed by atoms with Crippen LogP contribution in [-0.2, 0) is 24.2 Å². The summed E-state index contributed by atoms with van der Waals surface area (Å²) in [5, 5.41) is 19.9. The van der Waals surface area contributed by atoms with Crippen LogP contribution in [0.5, 0.6) is 0 Å². The number of nitrogens with zero attached hydrogens (tertiary/aromatic N) is 4. The van der Waals surface area contributed by atoms with Crippen molar-refractivity contribution in [1.82, 2.24) is 19.8 Å². The van der Waals surface area contributed by atoms with Crippen LogP contribution in [0.3, 0.4) is 0 Å². The van der Waals surface area contributed by atoms with Crippen LogP contribution in [0.25, 0.3) is 0 Å². The third-order valence-electron chi connectivity index (χ3n) is 7.31. The van der Waals surface area contributed by atoms with E-state index in [2.05, 4.69) is 35.5 Å². The van der Waals surface area contributed by atoms with Crippen LogP contribution in [0.1, 0.15) is 36.4 Å². The Morgan fingerprint density at radius 3 is 2.67 bits per heavy atom. The molecule has 4 aromatic rings. The average molecular weight is 623 g/mol. The summed E-state index contributed by atoms with van der Waals surface area (Å²) in [6, 6.07) is 16.4. The van der Waals surface area contributed by atoms with Crippen LogP contribution >= 0.6 is 23.6 Å². The number of aromatic nitrogens is 2. The first kappa shape index (κ1) is 31.8. The molecule has 0 spiro atoms. The van der Waals surface area contributed by atoms with E-state index >= 15 is 0 Å². The lowest BCUT2D eigenvalue weighted by Crippen LogP contribution is -2.50. The Hall–Kier alpha value is -4.16. The molecule has 0 aliphatic heterocycles. The van der Waals surface area contributed by atoms with Gasteiger partial charge in [-0.05, 0) is 59.8 Å². The molecule has 0 unspecified atom stereocenters. The predicted octanol–water partition coefficient (Wildman–Crippen LogP) is 6.06. The minimum Gasteiger partial charge on any atom is -0.351 e. The van der Waals surface area contributed by atoms with Crippen LogP contribution in [0.2, 0.25) is 0 Å². The van der Waals surface area contributed by atoms with Gasteiger partial charge in [0.2, 0.25) is 5.91 Å². The normalized spacial score (nSPS) is 12.3. The molecule has 0 saturated carbocycles. The molecule has 0 saturated heterocycles. The number of nitro groups is 1. The molecule has 2 atom stereocenters. The number of non-ortho nitro benzene ring substituents is 1. The van der Waals surface area contributed by atoms with Crippen molar-refractivity contribution in [2.75, 3.05) is 18.4 Å². The van der Waals surface area contributed by atoms with Crippen molar-refractivity contribution in [3.63, 3.8) is 0 Å². The minimum absolute atomic E-state index is 0.0279. The molecule has 0 aliphatic rings. The summed E-state index contributed by atoms with van der Waals surface area (Å²) >= 11 is 7.46. The van der Waals surface area contributed by atoms with Crippen LogP contribution in [-0.4, -0.2) is 49.5 Å². The average Bonchev–Trinajstić information content (AvgIpc) is 3.66. The van der Waals surface area contributed by atoms with Gasteiger partial charge in [0, 0.05) is 60.3 Å². The van der Waals surface area contributed by atoms with E-state index in [0.29, 0.717) is 30.4 Å². The number of halogens is 1. The van der Waals surface area contributed by atoms with E-state index in [9.17, 15) is 19.3 Å². The van der Waals surface area contributed by atoms with Gasteiger partial charge in [0.25, 0.3) is 5.69 Å². The Labute approximate surface area is 259 Å². The minimum atomic E-state index is -0.433. The number of benzene rings is 2. The van der Waals surface area contributed by atoms with Crippen LogP contribution in [0, 0.1) is 21.8 Å². The maximum absolute atomic E-state index is 13.8. The molecular weight excluding hydrogens is 588 g/mol. The SMILES string of the molecule is CC[C@H](C)[C@@H](CN(CCc1cccs1)C(=S)Nc1cccc(F)c1)NC(=O)Cc1cncn1Cc1ccc([N+](=O)[O-])cc1. The highest BCUT2D eigenvalue weighted by Gasteiger charge is 2.24. The first-order valence-corrected chi connectivity index (χ1v) is 15.4. The molecule has 2 aromatic carbocycles. The predicted molar refractivity (Wildman–Crippen MR) is 172 cm³/mol. The maximum atomic E-state index is 13.8. The lowest BCUT2D eigenvalue weighted by atomic mass is 9.98. The zero-order chi connectivity index (χ0) is 30.8. The molecule has 0 fully saturated rings. The Balaban J connectivity index is 1.44. The van der Waals surface area contributed by atoms with E-state index in [1.54, 1.807) is 48.1 Å². The first-order valence-electron chi connectivity index (χ1n) is 14.1. The number of anilines is 1. The summed E-state index contributed by atoms with van der Waals surface area (Å²) < 4.78 is 15.7. The van der Waals surface area contributed by atoms with Crippen molar-refractivity contribution < 1.29 is 14.1 Å². The van der Waals surface area contributed by atoms with E-state index < -0.39 is 4.92 Å². The van der Waals surface area contributed by atoms with Gasteiger partial charge in [-0.15, -0.1) is 11.3 Å². The Bertz CT molecular complexity index is 1510. The van der Waals surface area contributed by atoms with Gasteiger partial charge in [-0.3, -0.25) is 14.9 Å². The van der Waals surface area contributed by atoms with Gasteiger partial charge in [0.1, 0.15) is 5.82 Å². The highest BCUT2D eigenvalue weighted by Crippen LogP contribution is 2.17. The van der Waals surface area contributed by atoms with Crippen molar-refractivity contribution >= 4 is 45.9 Å². The lowest BCUT2D eigenvalue weighted by molar-refractivity contribution is -0.384. The largest absolute Gasteiger partial charge is 0.351 e. The number of rotatable bonds is 14. The quantitative estimate of drug-likeness (QED) is 0.100. The van der Waals surface area contributed by atoms with Gasteiger partial charge in [0.05, 0.1) is 17.7 Å². The first-order chi connectivity index (χ1) is 20.7. The van der Waals surface area contributed by atoms with Gasteiger partial charge >= 0.3 is 0 Å². The zero-order valence-electron chi connectivity index (χ0n) is 24.1. The molecule has 226 valence electrons. The van der Waals surface area contributed by atoms with Crippen LogP contribution in [0.15, 0.2) is 78.6 Å². The monoisotopic (exact) mass is 622 g/mol. The molecule has 9 nitrogen and oxygen atoms in total. The zero-order valence-corrected chi connectivity index (χ0v) is 25.7. The molecule has 43 heavy (non-hydrogen) atoms. The molecule has 4 rings (SSSR count). The van der Waals surface area contributed by atoms with E-state index in [-0.39, 0.29) is 35.8 Å². The molecule has 0 bridgehead atoms. The number of thiophene rings is 1. The third kappa shape index (κ3) is 9.42. The van der Waals surface area contributed by atoms with Crippen molar-refractivity contribution in [2.24, 2.45) is 5.92 Å². The van der Waals surface area contributed by atoms with Crippen molar-refractivity contribution in [3.05, 3.63) is 111 Å². The second-order valence-electron chi connectivity index (χ2n) is 10.4. The fourth-order valence-electron chi connectivity index (χ4n) is 4.61. The number of hydrogen-bond donors (Lipinski definition) is 2. The van der Waals surface area contributed by atoms with Gasteiger partial charge < -0.3 is 20.1 Å². The summed E-state index contributed by atoms with van der Waals surface area (Å²) in [5.41, 5.74) is 2.19. The fraction of sp³-hybridized carbons (Fsp3) is 0.323. The Kier molecular flexibility index (Phi) is 11.3. The van der Waals surface area contributed by atoms with Gasteiger partial charge in [-0.1, -0.05) is 44.5 Å². The number of imidazole rings is 1. The summed E-state index contributed by atoms with van der Waals surface area (Å²) in [6.07, 6.45) is 5.08. The van der Waals surface area contributed by atoms with Crippen molar-refractivity contribution in [1.29, 1.82) is 0 Å². The second-order valence-corrected chi connectivity index (χ2v) is 11.8. The number of carbonyl (C=O) groups excluding carboxylic acids is 1. The topological polar surface area (TPSA) is 105 Å². The highest BCUT2D eigenvalue weighted by molar-refractivity contribution is 7.80. The molecular formula is C31H35FN6O3S2. The van der Waals surface area contributed by atoms with E-state index in [1.165, 1.54) is 29.1 Å². The highest BCUT2D eigenvalue weighted by atomic mass is 32.1. The number of nitrogens with one attached hydrogen (secondary N) is 2. The molecule has 0 aliphatic carbocycles. The van der Waals surface area contributed by atoms with Crippen molar-refractivity contribution in [3.8, 4) is 0 Å². The molecule has 2 heterocycles. The van der Waals surface area contributed by atoms with Gasteiger partial charge in [0.15, 0.2) is 5.11 Å². The number of nitro benzene ring substituents is 1. The smallest absolute Gasteiger partial charge is 0.269 e. The summed E-state index contributed by atoms with van der Waals surface area (Å²) in [5.74, 6) is -0.330. The summed E-state index contributed by atoms with van der Waals surface area (Å²) in [4.78, 5) is 31.4. The van der Waals surface area contributed by atoms with Gasteiger partial charge in [-0.25, -0.2) is 9.37 Å². The van der Waals surface area contributed by atoms with Crippen molar-refractivity contribution in [2.45, 2.75) is 45.7 Å². The third-order valence-corrected chi connectivity index (χ3v) is 8.60. The molecule has 1 amide bonds. The fourth-order valence-corrected chi connectivity index (χ4v) is 5.60. The maximum Gasteiger partial charge on any atom is 0.269 e. The number of hydrogen-bond acceptors (Lipinski definition) is 6. The summed E-state index contributed by atoms with van der Waals surface area (Å²) in [6.45, 7) is 5.74. The van der Waals surface area contributed by atoms with Crippen LogP contribution < -0.4 is 10.6 Å². The summed E-state index contributed by atoms with van der Waals surface area (Å²) in [7, 11) is 0.